The number of aromatic nitrogens is 3. The van der Waals surface area contributed by atoms with E-state index in [0.717, 1.165) is 38.7 Å². The van der Waals surface area contributed by atoms with Gasteiger partial charge in [-0.05, 0) is 42.8 Å². The molecule has 0 radical (unpaired) electrons. The van der Waals surface area contributed by atoms with E-state index in [-0.39, 0.29) is 18.0 Å². The SMILES string of the molecule is Cc1nc2c(=O)n(CC(=O)N3CCCc4ccccc43)nc(-c3cccs3)c2s1. The van der Waals surface area contributed by atoms with Crippen molar-refractivity contribution in [3.8, 4) is 10.6 Å². The quantitative estimate of drug-likeness (QED) is 0.503. The minimum Gasteiger partial charge on any atom is -0.311 e. The average Bonchev–Trinajstić information content (AvgIpc) is 3.39. The lowest BCUT2D eigenvalue weighted by atomic mass is 10.0. The molecule has 0 spiro atoms. The second-order valence-electron chi connectivity index (χ2n) is 6.98. The van der Waals surface area contributed by atoms with Gasteiger partial charge in [-0.2, -0.15) is 5.10 Å². The number of anilines is 1. The molecule has 0 aliphatic carbocycles. The van der Waals surface area contributed by atoms with Crippen LogP contribution in [-0.4, -0.2) is 27.2 Å². The van der Waals surface area contributed by atoms with Crippen molar-refractivity contribution in [2.24, 2.45) is 0 Å². The van der Waals surface area contributed by atoms with Gasteiger partial charge in [0.25, 0.3) is 5.56 Å². The van der Waals surface area contributed by atoms with Crippen LogP contribution in [0.3, 0.4) is 0 Å². The molecule has 4 heterocycles. The Bertz CT molecular complexity index is 1270. The smallest absolute Gasteiger partial charge is 0.294 e. The summed E-state index contributed by atoms with van der Waals surface area (Å²) in [4.78, 5) is 33.3. The molecule has 1 amide bonds. The van der Waals surface area contributed by atoms with Gasteiger partial charge < -0.3 is 4.90 Å². The predicted octanol–water partition coefficient (Wildman–Crippen LogP) is 3.87. The summed E-state index contributed by atoms with van der Waals surface area (Å²) in [6.45, 7) is 2.43. The zero-order valence-electron chi connectivity index (χ0n) is 15.8. The number of benzene rings is 1. The molecular formula is C21H18N4O2S2. The zero-order chi connectivity index (χ0) is 20.0. The highest BCUT2D eigenvalue weighted by molar-refractivity contribution is 7.20. The number of hydrogen-bond donors (Lipinski definition) is 0. The maximum Gasteiger partial charge on any atom is 0.294 e. The maximum atomic E-state index is 13.1. The Hall–Kier alpha value is -2.84. The van der Waals surface area contributed by atoms with Crippen molar-refractivity contribution >= 4 is 44.5 Å². The van der Waals surface area contributed by atoms with E-state index in [1.54, 1.807) is 16.2 Å². The molecule has 1 aliphatic rings. The Morgan fingerprint density at radius 1 is 1.21 bits per heavy atom. The maximum absolute atomic E-state index is 13.1. The molecule has 146 valence electrons. The topological polar surface area (TPSA) is 68.1 Å². The predicted molar refractivity (Wildman–Crippen MR) is 117 cm³/mol. The minimum absolute atomic E-state index is 0.0991. The van der Waals surface area contributed by atoms with Gasteiger partial charge in [-0.15, -0.1) is 22.7 Å². The van der Waals surface area contributed by atoms with Gasteiger partial charge in [-0.25, -0.2) is 9.67 Å². The third-order valence-corrected chi connectivity index (χ3v) is 6.91. The van der Waals surface area contributed by atoms with E-state index in [0.29, 0.717) is 17.8 Å². The summed E-state index contributed by atoms with van der Waals surface area (Å²) in [6, 6.07) is 11.9. The first-order valence-corrected chi connectivity index (χ1v) is 11.1. The van der Waals surface area contributed by atoms with Crippen LogP contribution in [0.1, 0.15) is 17.0 Å². The Morgan fingerprint density at radius 2 is 2.07 bits per heavy atom. The number of nitrogens with zero attached hydrogens (tertiary/aromatic N) is 4. The highest BCUT2D eigenvalue weighted by atomic mass is 32.1. The fourth-order valence-electron chi connectivity index (χ4n) is 3.75. The summed E-state index contributed by atoms with van der Waals surface area (Å²) in [5.41, 5.74) is 2.88. The Morgan fingerprint density at radius 3 is 2.90 bits per heavy atom. The lowest BCUT2D eigenvalue weighted by Gasteiger charge is -2.29. The molecule has 1 aromatic carbocycles. The zero-order valence-corrected chi connectivity index (χ0v) is 17.4. The molecule has 0 N–H and O–H groups in total. The Labute approximate surface area is 175 Å². The first kappa shape index (κ1) is 18.2. The number of para-hydroxylation sites is 1. The number of hydrogen-bond acceptors (Lipinski definition) is 6. The second-order valence-corrected chi connectivity index (χ2v) is 9.13. The number of carbonyl (C=O) groups excluding carboxylic acids is 1. The average molecular weight is 423 g/mol. The molecule has 4 aromatic rings. The van der Waals surface area contributed by atoms with Gasteiger partial charge in [0.05, 0.1) is 14.6 Å². The molecule has 0 bridgehead atoms. The Kier molecular flexibility index (Phi) is 4.52. The number of rotatable bonds is 3. The van der Waals surface area contributed by atoms with Gasteiger partial charge in [-0.3, -0.25) is 9.59 Å². The van der Waals surface area contributed by atoms with Gasteiger partial charge in [0.1, 0.15) is 12.2 Å². The van der Waals surface area contributed by atoms with E-state index >= 15 is 0 Å². The van der Waals surface area contributed by atoms with Gasteiger partial charge in [0.15, 0.2) is 5.52 Å². The number of aryl methyl sites for hydroxylation is 2. The van der Waals surface area contributed by atoms with Crippen LogP contribution in [0.4, 0.5) is 5.69 Å². The van der Waals surface area contributed by atoms with Gasteiger partial charge >= 0.3 is 0 Å². The lowest BCUT2D eigenvalue weighted by Crippen LogP contribution is -2.40. The normalized spacial score (nSPS) is 13.6. The molecule has 0 saturated carbocycles. The molecule has 1 aliphatic heterocycles. The van der Waals surface area contributed by atoms with E-state index < -0.39 is 0 Å². The van der Waals surface area contributed by atoms with Gasteiger partial charge in [0.2, 0.25) is 5.91 Å². The number of amides is 1. The highest BCUT2D eigenvalue weighted by Crippen LogP contribution is 2.32. The molecule has 5 rings (SSSR count). The second kappa shape index (κ2) is 7.20. The van der Waals surface area contributed by atoms with Crippen LogP contribution < -0.4 is 10.5 Å². The van der Waals surface area contributed by atoms with Crippen molar-refractivity contribution in [1.82, 2.24) is 14.8 Å². The van der Waals surface area contributed by atoms with E-state index in [2.05, 4.69) is 16.1 Å². The fourth-order valence-corrected chi connectivity index (χ4v) is 5.44. The first-order chi connectivity index (χ1) is 14.1. The van der Waals surface area contributed by atoms with Crippen molar-refractivity contribution in [1.29, 1.82) is 0 Å². The lowest BCUT2D eigenvalue weighted by molar-refractivity contribution is -0.119. The molecular weight excluding hydrogens is 404 g/mol. The number of thiazole rings is 1. The highest BCUT2D eigenvalue weighted by Gasteiger charge is 2.24. The van der Waals surface area contributed by atoms with Crippen LogP contribution in [0.15, 0.2) is 46.6 Å². The van der Waals surface area contributed by atoms with E-state index in [1.807, 2.05) is 42.6 Å². The van der Waals surface area contributed by atoms with E-state index in [9.17, 15) is 9.59 Å². The van der Waals surface area contributed by atoms with Crippen molar-refractivity contribution < 1.29 is 4.79 Å². The molecule has 0 atom stereocenters. The Balaban J connectivity index is 1.57. The van der Waals surface area contributed by atoms with Crippen molar-refractivity contribution in [2.75, 3.05) is 11.4 Å². The van der Waals surface area contributed by atoms with Crippen LogP contribution in [0, 0.1) is 6.92 Å². The van der Waals surface area contributed by atoms with Gasteiger partial charge in [0, 0.05) is 12.2 Å². The van der Waals surface area contributed by atoms with Gasteiger partial charge in [-0.1, -0.05) is 24.3 Å². The van der Waals surface area contributed by atoms with Crippen molar-refractivity contribution in [2.45, 2.75) is 26.3 Å². The molecule has 0 saturated heterocycles. The third-order valence-electron chi connectivity index (χ3n) is 5.06. The van der Waals surface area contributed by atoms with E-state index in [4.69, 9.17) is 0 Å². The fraction of sp³-hybridized carbons (Fsp3) is 0.238. The number of carbonyl (C=O) groups is 1. The summed E-state index contributed by atoms with van der Waals surface area (Å²) in [7, 11) is 0. The summed E-state index contributed by atoms with van der Waals surface area (Å²) in [6.07, 6.45) is 1.88. The largest absolute Gasteiger partial charge is 0.311 e. The molecule has 29 heavy (non-hydrogen) atoms. The molecule has 6 nitrogen and oxygen atoms in total. The van der Waals surface area contributed by atoms with Crippen LogP contribution in [0.25, 0.3) is 20.8 Å². The monoisotopic (exact) mass is 422 g/mol. The van der Waals surface area contributed by atoms with Crippen molar-refractivity contribution in [3.63, 3.8) is 0 Å². The van der Waals surface area contributed by atoms with E-state index in [1.165, 1.54) is 16.0 Å². The minimum atomic E-state index is -0.316. The van der Waals surface area contributed by atoms with Crippen LogP contribution in [0.5, 0.6) is 0 Å². The molecule has 8 heteroatoms. The summed E-state index contributed by atoms with van der Waals surface area (Å²) < 4.78 is 2.05. The summed E-state index contributed by atoms with van der Waals surface area (Å²) in [5, 5.41) is 7.37. The third kappa shape index (κ3) is 3.18. The van der Waals surface area contributed by atoms with Crippen LogP contribution in [-0.2, 0) is 17.8 Å². The standard InChI is InChI=1S/C21H18N4O2S2/c1-13-22-19-20(29-13)18(16-9-5-11-28-16)23-25(21(19)27)12-17(26)24-10-4-7-14-6-2-3-8-15(14)24/h2-3,5-6,8-9,11H,4,7,10,12H2,1H3. The number of fused-ring (bicyclic) bond motifs is 2. The van der Waals surface area contributed by atoms with Crippen LogP contribution in [0.2, 0.25) is 0 Å². The number of thiophene rings is 1. The first-order valence-electron chi connectivity index (χ1n) is 9.42. The van der Waals surface area contributed by atoms with Crippen LogP contribution >= 0.6 is 22.7 Å². The summed E-state index contributed by atoms with van der Waals surface area (Å²) >= 11 is 3.02. The molecule has 0 fully saturated rings. The van der Waals surface area contributed by atoms with Crippen molar-refractivity contribution in [3.05, 3.63) is 62.7 Å². The molecule has 3 aromatic heterocycles. The molecule has 0 unspecified atom stereocenters. The summed E-state index contributed by atoms with van der Waals surface area (Å²) in [5.74, 6) is -0.129.